The zero-order valence-electron chi connectivity index (χ0n) is 13.2. The van der Waals surface area contributed by atoms with E-state index in [-0.39, 0.29) is 48.7 Å². The molecule has 0 N–H and O–H groups in total. The highest BCUT2D eigenvalue weighted by atomic mass is 32.2. The number of ether oxygens (including phenoxy) is 1. The molecule has 2 atom stereocenters. The average Bonchev–Trinajstić information content (AvgIpc) is 2.89. The van der Waals surface area contributed by atoms with E-state index in [1.54, 1.807) is 0 Å². The van der Waals surface area contributed by atoms with Crippen LogP contribution in [-0.4, -0.2) is 90.4 Å². The molecule has 2 amide bonds. The number of sulfone groups is 1. The van der Waals surface area contributed by atoms with Gasteiger partial charge in [0, 0.05) is 32.6 Å². The number of hydrogen-bond acceptors (Lipinski definition) is 7. The van der Waals surface area contributed by atoms with Crippen LogP contribution in [0.4, 0.5) is 0 Å². The van der Waals surface area contributed by atoms with Crippen LogP contribution >= 0.6 is 0 Å². The predicted molar refractivity (Wildman–Crippen MR) is 82.9 cm³/mol. The van der Waals surface area contributed by atoms with Crippen molar-refractivity contribution >= 4 is 21.7 Å². The van der Waals surface area contributed by atoms with Crippen molar-refractivity contribution in [3.8, 4) is 0 Å². The number of hydrogen-bond donors (Lipinski definition) is 0. The number of nitrogens with zero attached hydrogens (tertiary/aromatic N) is 4. The number of piperazine rings is 1. The number of methoxy groups -OCH3 is 1. The molecule has 0 saturated carbocycles. The molecule has 0 aromatic carbocycles. The molecule has 2 saturated heterocycles. The highest BCUT2D eigenvalue weighted by Crippen LogP contribution is 2.28. The highest BCUT2D eigenvalue weighted by molar-refractivity contribution is 7.91. The van der Waals surface area contributed by atoms with Crippen LogP contribution < -0.4 is 0 Å². The van der Waals surface area contributed by atoms with Crippen LogP contribution in [-0.2, 0) is 19.4 Å². The normalized spacial score (nSPS) is 25.4. The Morgan fingerprint density at radius 2 is 1.88 bits per heavy atom. The quantitative estimate of drug-likeness (QED) is 0.655. The fourth-order valence-corrected chi connectivity index (χ4v) is 5.26. The van der Waals surface area contributed by atoms with Gasteiger partial charge >= 0.3 is 0 Å². The molecule has 2 aliphatic heterocycles. The number of carbonyl (C=O) groups is 2. The molecule has 0 radical (unpaired) electrons. The maximum absolute atomic E-state index is 12.7. The van der Waals surface area contributed by atoms with Gasteiger partial charge in [-0.05, 0) is 0 Å². The van der Waals surface area contributed by atoms with Gasteiger partial charge in [0.25, 0.3) is 5.91 Å². The summed E-state index contributed by atoms with van der Waals surface area (Å²) in [4.78, 5) is 35.7. The first-order chi connectivity index (χ1) is 11.4. The number of rotatable bonds is 3. The number of carbonyl (C=O) groups excluding carboxylic acids is 2. The van der Waals surface area contributed by atoms with E-state index < -0.39 is 21.9 Å². The Bertz CT molecular complexity index is 739. The molecular weight excluding hydrogens is 336 g/mol. The van der Waals surface area contributed by atoms with Crippen LogP contribution in [0.1, 0.15) is 10.5 Å². The summed E-state index contributed by atoms with van der Waals surface area (Å²) in [5.41, 5.74) is 0.164. The second kappa shape index (κ2) is 6.44. The first-order valence-corrected chi connectivity index (χ1v) is 9.31. The third-order valence-electron chi connectivity index (χ3n) is 4.31. The molecule has 0 bridgehead atoms. The van der Waals surface area contributed by atoms with E-state index >= 15 is 0 Å². The van der Waals surface area contributed by atoms with Gasteiger partial charge in [0.05, 0.1) is 29.8 Å². The van der Waals surface area contributed by atoms with Crippen LogP contribution in [0.5, 0.6) is 0 Å². The van der Waals surface area contributed by atoms with E-state index in [9.17, 15) is 18.0 Å². The Labute approximate surface area is 139 Å². The number of amides is 2. The fraction of sp³-hybridized carbons (Fsp3) is 0.571. The van der Waals surface area contributed by atoms with Crippen molar-refractivity contribution in [2.45, 2.75) is 12.1 Å². The lowest BCUT2D eigenvalue weighted by atomic mass is 10.0. The Hall–Kier alpha value is -2.07. The van der Waals surface area contributed by atoms with E-state index in [1.807, 2.05) is 0 Å². The largest absolute Gasteiger partial charge is 0.375 e. The van der Waals surface area contributed by atoms with Crippen molar-refractivity contribution < 1.29 is 22.7 Å². The molecule has 24 heavy (non-hydrogen) atoms. The summed E-state index contributed by atoms with van der Waals surface area (Å²) in [7, 11) is -1.91. The molecule has 130 valence electrons. The monoisotopic (exact) mass is 354 g/mol. The summed E-state index contributed by atoms with van der Waals surface area (Å²) in [6.07, 6.45) is 4.22. The first-order valence-electron chi connectivity index (χ1n) is 7.49. The van der Waals surface area contributed by atoms with Crippen LogP contribution in [0.25, 0.3) is 0 Å². The Kier molecular flexibility index (Phi) is 4.50. The lowest BCUT2D eigenvalue weighted by Gasteiger charge is -2.43. The molecule has 1 aromatic heterocycles. The fourth-order valence-electron chi connectivity index (χ4n) is 3.28. The summed E-state index contributed by atoms with van der Waals surface area (Å²) >= 11 is 0. The van der Waals surface area contributed by atoms with Gasteiger partial charge in [0.15, 0.2) is 9.84 Å². The maximum atomic E-state index is 12.7. The first kappa shape index (κ1) is 16.8. The van der Waals surface area contributed by atoms with Crippen molar-refractivity contribution in [1.82, 2.24) is 19.8 Å². The van der Waals surface area contributed by atoms with Gasteiger partial charge in [-0.15, -0.1) is 0 Å². The van der Waals surface area contributed by atoms with Crippen LogP contribution in [0, 0.1) is 0 Å². The minimum Gasteiger partial charge on any atom is -0.375 e. The third-order valence-corrected chi connectivity index (χ3v) is 6.01. The lowest BCUT2D eigenvalue weighted by molar-refractivity contribution is -0.140. The minimum atomic E-state index is -3.32. The minimum absolute atomic E-state index is 0.110. The molecule has 9 nitrogen and oxygen atoms in total. The average molecular weight is 354 g/mol. The second-order valence-corrected chi connectivity index (χ2v) is 7.97. The number of fused-ring (bicyclic) bond motifs is 1. The Balaban J connectivity index is 1.87. The Morgan fingerprint density at radius 1 is 1.21 bits per heavy atom. The molecule has 10 heteroatoms. The van der Waals surface area contributed by atoms with Crippen molar-refractivity contribution in [2.24, 2.45) is 0 Å². The van der Waals surface area contributed by atoms with Gasteiger partial charge in [0.2, 0.25) is 5.91 Å². The molecule has 3 rings (SSSR count). The van der Waals surface area contributed by atoms with Crippen molar-refractivity contribution in [1.29, 1.82) is 0 Å². The van der Waals surface area contributed by atoms with E-state index in [2.05, 4.69) is 9.97 Å². The van der Waals surface area contributed by atoms with Crippen LogP contribution in [0.15, 0.2) is 18.6 Å². The molecule has 2 aliphatic rings. The summed E-state index contributed by atoms with van der Waals surface area (Å²) in [6.45, 7) is 0.411. The van der Waals surface area contributed by atoms with E-state index in [4.69, 9.17) is 4.74 Å². The van der Waals surface area contributed by atoms with E-state index in [0.717, 1.165) is 0 Å². The second-order valence-electron chi connectivity index (χ2n) is 5.82. The highest BCUT2D eigenvalue weighted by Gasteiger charge is 2.49. The zero-order chi connectivity index (χ0) is 17.3. The summed E-state index contributed by atoms with van der Waals surface area (Å²) in [5, 5.41) is 0. The SMILES string of the molecule is COCC(=O)N1CCN(C(=O)c2cnccn2)[C@@H]2CS(=O)(=O)C[C@@H]21. The maximum Gasteiger partial charge on any atom is 0.274 e. The van der Waals surface area contributed by atoms with Gasteiger partial charge in [0.1, 0.15) is 12.3 Å². The summed E-state index contributed by atoms with van der Waals surface area (Å²) in [5.74, 6) is -0.928. The lowest BCUT2D eigenvalue weighted by Crippen LogP contribution is -2.62. The van der Waals surface area contributed by atoms with Crippen LogP contribution in [0.3, 0.4) is 0 Å². The van der Waals surface area contributed by atoms with Gasteiger partial charge in [-0.2, -0.15) is 0 Å². The topological polar surface area (TPSA) is 110 Å². The molecule has 3 heterocycles. The van der Waals surface area contributed by atoms with E-state index in [0.29, 0.717) is 0 Å². The standard InChI is InChI=1S/C14H18N4O5S/c1-23-7-13(19)17-4-5-18(12-9-24(21,22)8-11(12)17)14(20)10-6-15-2-3-16-10/h2-3,6,11-12H,4-5,7-9H2,1H3/t11-,12+/m0/s1. The summed E-state index contributed by atoms with van der Waals surface area (Å²) < 4.78 is 29.0. The van der Waals surface area contributed by atoms with Gasteiger partial charge in [-0.1, -0.05) is 0 Å². The molecule has 0 unspecified atom stereocenters. The van der Waals surface area contributed by atoms with Crippen molar-refractivity contribution in [3.63, 3.8) is 0 Å². The van der Waals surface area contributed by atoms with Crippen LogP contribution in [0.2, 0.25) is 0 Å². The number of aromatic nitrogens is 2. The Morgan fingerprint density at radius 3 is 2.50 bits per heavy atom. The van der Waals surface area contributed by atoms with Gasteiger partial charge in [-0.3, -0.25) is 14.6 Å². The summed E-state index contributed by atoms with van der Waals surface area (Å²) in [6, 6.07) is -1.12. The molecule has 0 spiro atoms. The van der Waals surface area contributed by atoms with Gasteiger partial charge in [-0.25, -0.2) is 13.4 Å². The zero-order valence-corrected chi connectivity index (χ0v) is 14.0. The van der Waals surface area contributed by atoms with Gasteiger partial charge < -0.3 is 14.5 Å². The molecular formula is C14H18N4O5S. The van der Waals surface area contributed by atoms with Crippen molar-refractivity contribution in [3.05, 3.63) is 24.3 Å². The van der Waals surface area contributed by atoms with E-state index in [1.165, 1.54) is 35.5 Å². The molecule has 2 fully saturated rings. The van der Waals surface area contributed by atoms with Crippen molar-refractivity contribution in [2.75, 3.05) is 38.3 Å². The predicted octanol–water partition coefficient (Wildman–Crippen LogP) is -1.43. The molecule has 0 aliphatic carbocycles. The third kappa shape index (κ3) is 3.11. The molecule has 1 aromatic rings. The smallest absolute Gasteiger partial charge is 0.274 e.